The van der Waals surface area contributed by atoms with Gasteiger partial charge in [0.2, 0.25) is 0 Å². The second-order valence-electron chi connectivity index (χ2n) is 7.83. The molecule has 0 aromatic heterocycles. The van der Waals surface area contributed by atoms with Crippen LogP contribution in [0.25, 0.3) is 0 Å². The molecule has 0 aliphatic carbocycles. The molecule has 3 heteroatoms. The maximum Gasteiger partial charge on any atom is 0.339 e. The van der Waals surface area contributed by atoms with E-state index >= 15 is 0 Å². The van der Waals surface area contributed by atoms with Crippen LogP contribution in [0.4, 0.5) is 0 Å². The zero-order chi connectivity index (χ0) is 21.0. The number of nitrogens with zero attached hydrogens (tertiary/aromatic N) is 1. The van der Waals surface area contributed by atoms with Gasteiger partial charge in [-0.3, -0.25) is 4.90 Å². The Morgan fingerprint density at radius 1 is 0.793 bits per heavy atom. The Morgan fingerprint density at radius 3 is 1.76 bits per heavy atom. The molecule has 2 atom stereocenters. The van der Waals surface area contributed by atoms with E-state index in [1.54, 1.807) is 0 Å². The number of hydrogen-bond donors (Lipinski definition) is 0. The van der Waals surface area contributed by atoms with E-state index in [9.17, 15) is 4.79 Å². The van der Waals surface area contributed by atoms with Crippen molar-refractivity contribution in [3.05, 3.63) is 106 Å². The summed E-state index contributed by atoms with van der Waals surface area (Å²) in [6, 6.07) is 24.1. The van der Waals surface area contributed by atoms with E-state index in [4.69, 9.17) is 4.74 Å². The van der Waals surface area contributed by atoms with Crippen LogP contribution in [0, 0.1) is 20.8 Å². The van der Waals surface area contributed by atoms with Crippen molar-refractivity contribution in [1.82, 2.24) is 4.90 Å². The number of esters is 1. The molecule has 0 aliphatic heterocycles. The third-order valence-electron chi connectivity index (χ3n) is 5.23. The van der Waals surface area contributed by atoms with Gasteiger partial charge in [0.15, 0.2) is 0 Å². The highest BCUT2D eigenvalue weighted by Gasteiger charge is 2.31. The lowest BCUT2D eigenvalue weighted by atomic mass is 9.94. The molecule has 0 saturated heterocycles. The minimum atomic E-state index is -0.429. The molecule has 0 fully saturated rings. The highest BCUT2D eigenvalue weighted by atomic mass is 16.5. The number of likely N-dealkylation sites (N-methyl/N-ethyl adjacent to an activating group) is 1. The van der Waals surface area contributed by atoms with E-state index in [0.717, 1.165) is 27.8 Å². The molecular formula is C26H29NO2. The number of carbonyl (C=O) groups excluding carboxylic acids is 1. The van der Waals surface area contributed by atoms with E-state index in [0.29, 0.717) is 5.56 Å². The number of carbonyl (C=O) groups is 1. The smallest absolute Gasteiger partial charge is 0.339 e. The minimum Gasteiger partial charge on any atom is -0.452 e. The molecule has 0 heterocycles. The maximum atomic E-state index is 13.3. The standard InChI is InChI=1S/C26H29NO2/c1-18-16-19(2)23(20(3)17-18)26(28)29-25(22-14-10-7-11-15-22)24(27(4)5)21-12-8-6-9-13-21/h6-17,24-25H,1-5H3/t24-,25-/m1/s1. The summed E-state index contributed by atoms with van der Waals surface area (Å²) in [6.07, 6.45) is -0.429. The molecule has 3 nitrogen and oxygen atoms in total. The molecule has 150 valence electrons. The monoisotopic (exact) mass is 387 g/mol. The van der Waals surface area contributed by atoms with Crippen molar-refractivity contribution in [3.63, 3.8) is 0 Å². The van der Waals surface area contributed by atoms with Crippen LogP contribution in [0.1, 0.15) is 50.3 Å². The molecule has 29 heavy (non-hydrogen) atoms. The van der Waals surface area contributed by atoms with E-state index in [1.807, 2.05) is 95.5 Å². The lowest BCUT2D eigenvalue weighted by Gasteiger charge is -2.33. The fourth-order valence-electron chi connectivity index (χ4n) is 4.03. The quantitative estimate of drug-likeness (QED) is 0.500. The van der Waals surface area contributed by atoms with Gasteiger partial charge in [-0.25, -0.2) is 4.79 Å². The predicted molar refractivity (Wildman–Crippen MR) is 118 cm³/mol. The summed E-state index contributed by atoms with van der Waals surface area (Å²) >= 11 is 0. The van der Waals surface area contributed by atoms with Crippen molar-refractivity contribution < 1.29 is 9.53 Å². The van der Waals surface area contributed by atoms with E-state index in [1.165, 1.54) is 0 Å². The average molecular weight is 388 g/mol. The zero-order valence-electron chi connectivity index (χ0n) is 17.8. The summed E-state index contributed by atoms with van der Waals surface area (Å²) in [6.45, 7) is 5.98. The van der Waals surface area contributed by atoms with Crippen LogP contribution in [0.3, 0.4) is 0 Å². The fourth-order valence-corrected chi connectivity index (χ4v) is 4.03. The van der Waals surface area contributed by atoms with Gasteiger partial charge in [0.1, 0.15) is 6.10 Å². The second-order valence-corrected chi connectivity index (χ2v) is 7.83. The fraction of sp³-hybridized carbons (Fsp3) is 0.269. The van der Waals surface area contributed by atoms with Crippen LogP contribution in [-0.2, 0) is 4.74 Å². The maximum absolute atomic E-state index is 13.3. The molecular weight excluding hydrogens is 358 g/mol. The van der Waals surface area contributed by atoms with Crippen molar-refractivity contribution in [2.45, 2.75) is 32.9 Å². The van der Waals surface area contributed by atoms with Crippen LogP contribution < -0.4 is 0 Å². The summed E-state index contributed by atoms with van der Waals surface area (Å²) in [5, 5.41) is 0. The van der Waals surface area contributed by atoms with Crippen LogP contribution in [-0.4, -0.2) is 25.0 Å². The molecule has 0 amide bonds. The van der Waals surface area contributed by atoms with E-state index < -0.39 is 6.10 Å². The molecule has 3 aromatic rings. The van der Waals surface area contributed by atoms with Crippen molar-refractivity contribution >= 4 is 5.97 Å². The van der Waals surface area contributed by atoms with Gasteiger partial charge >= 0.3 is 5.97 Å². The Bertz CT molecular complexity index is 942. The van der Waals surface area contributed by atoms with E-state index in [2.05, 4.69) is 17.0 Å². The normalized spacial score (nSPS) is 13.2. The molecule has 0 bridgehead atoms. The lowest BCUT2D eigenvalue weighted by Crippen LogP contribution is -2.29. The first kappa shape index (κ1) is 20.8. The van der Waals surface area contributed by atoms with Gasteiger partial charge in [-0.1, -0.05) is 78.4 Å². The number of rotatable bonds is 6. The molecule has 0 unspecified atom stereocenters. The van der Waals surface area contributed by atoms with Crippen molar-refractivity contribution in [3.8, 4) is 0 Å². The number of ether oxygens (including phenoxy) is 1. The summed E-state index contributed by atoms with van der Waals surface area (Å²) < 4.78 is 6.22. The molecule has 3 rings (SSSR count). The van der Waals surface area contributed by atoms with E-state index in [-0.39, 0.29) is 12.0 Å². The minimum absolute atomic E-state index is 0.103. The molecule has 0 radical (unpaired) electrons. The van der Waals surface area contributed by atoms with Gasteiger partial charge in [0.05, 0.1) is 11.6 Å². The Morgan fingerprint density at radius 2 is 1.28 bits per heavy atom. The van der Waals surface area contributed by atoms with Crippen LogP contribution in [0.5, 0.6) is 0 Å². The van der Waals surface area contributed by atoms with Gasteiger partial charge < -0.3 is 4.74 Å². The largest absolute Gasteiger partial charge is 0.452 e. The predicted octanol–water partition coefficient (Wildman–Crippen LogP) is 5.81. The Balaban J connectivity index is 2.04. The Hall–Kier alpha value is -2.91. The highest BCUT2D eigenvalue weighted by Crippen LogP contribution is 2.36. The van der Waals surface area contributed by atoms with Crippen LogP contribution >= 0.6 is 0 Å². The van der Waals surface area contributed by atoms with Gasteiger partial charge in [0.25, 0.3) is 0 Å². The summed E-state index contributed by atoms with van der Waals surface area (Å²) in [7, 11) is 4.04. The molecule has 0 N–H and O–H groups in total. The van der Waals surface area contributed by atoms with Crippen LogP contribution in [0.2, 0.25) is 0 Å². The number of benzene rings is 3. The zero-order valence-corrected chi connectivity index (χ0v) is 17.8. The molecule has 0 aliphatic rings. The molecule has 3 aromatic carbocycles. The summed E-state index contributed by atoms with van der Waals surface area (Å²) in [5.41, 5.74) is 5.77. The van der Waals surface area contributed by atoms with Gasteiger partial charge in [-0.15, -0.1) is 0 Å². The summed E-state index contributed by atoms with van der Waals surface area (Å²) in [4.78, 5) is 15.4. The average Bonchev–Trinajstić information content (AvgIpc) is 2.68. The van der Waals surface area contributed by atoms with Gasteiger partial charge in [-0.2, -0.15) is 0 Å². The first-order valence-corrected chi connectivity index (χ1v) is 9.93. The third-order valence-corrected chi connectivity index (χ3v) is 5.23. The second kappa shape index (κ2) is 9.06. The Kier molecular flexibility index (Phi) is 6.50. The van der Waals surface area contributed by atoms with Gasteiger partial charge in [0, 0.05) is 0 Å². The van der Waals surface area contributed by atoms with Crippen molar-refractivity contribution in [2.24, 2.45) is 0 Å². The van der Waals surface area contributed by atoms with Gasteiger partial charge in [-0.05, 0) is 57.1 Å². The van der Waals surface area contributed by atoms with Crippen molar-refractivity contribution in [1.29, 1.82) is 0 Å². The SMILES string of the molecule is Cc1cc(C)c(C(=O)O[C@H](c2ccccc2)[C@@H](c2ccccc2)N(C)C)c(C)c1. The highest BCUT2D eigenvalue weighted by molar-refractivity contribution is 5.93. The first-order valence-electron chi connectivity index (χ1n) is 9.93. The number of hydrogen-bond acceptors (Lipinski definition) is 3. The Labute approximate surface area is 174 Å². The van der Waals surface area contributed by atoms with Crippen LogP contribution in [0.15, 0.2) is 72.8 Å². The lowest BCUT2D eigenvalue weighted by molar-refractivity contribution is 0.00480. The molecule has 0 saturated carbocycles. The summed E-state index contributed by atoms with van der Waals surface area (Å²) in [5.74, 6) is -0.281. The molecule has 0 spiro atoms. The number of aryl methyl sites for hydroxylation is 3. The van der Waals surface area contributed by atoms with Crippen molar-refractivity contribution in [2.75, 3.05) is 14.1 Å². The topological polar surface area (TPSA) is 29.5 Å². The first-order chi connectivity index (χ1) is 13.9. The third kappa shape index (κ3) is 4.75.